The van der Waals surface area contributed by atoms with Crippen molar-refractivity contribution in [3.05, 3.63) is 0 Å². The molecular weight excluding hydrogens is 391 g/mol. The third kappa shape index (κ3) is 9.84. The molecular formula is C16H35IN4O. The van der Waals surface area contributed by atoms with Crippen molar-refractivity contribution in [3.8, 4) is 0 Å². The van der Waals surface area contributed by atoms with Crippen molar-refractivity contribution in [1.29, 1.82) is 0 Å². The molecule has 0 saturated carbocycles. The molecule has 1 aliphatic heterocycles. The number of guanidine groups is 1. The Balaban J connectivity index is 0.00000441. The van der Waals surface area contributed by atoms with Gasteiger partial charge in [0.05, 0.1) is 6.61 Å². The van der Waals surface area contributed by atoms with Gasteiger partial charge >= 0.3 is 0 Å². The first kappa shape index (κ1) is 21.9. The normalized spacial score (nSPS) is 23.0. The van der Waals surface area contributed by atoms with Crippen LogP contribution in [0.25, 0.3) is 0 Å². The molecule has 0 bridgehead atoms. The van der Waals surface area contributed by atoms with Crippen LogP contribution in [-0.4, -0.2) is 64.3 Å². The Morgan fingerprint density at radius 2 is 1.77 bits per heavy atom. The van der Waals surface area contributed by atoms with Crippen molar-refractivity contribution in [2.45, 2.75) is 33.1 Å². The van der Waals surface area contributed by atoms with Crippen LogP contribution in [0, 0.1) is 11.8 Å². The Hall–Kier alpha value is -0.0800. The number of nitrogens with zero attached hydrogens (tertiary/aromatic N) is 2. The van der Waals surface area contributed by atoms with E-state index in [4.69, 9.17) is 4.74 Å². The molecule has 1 heterocycles. The molecule has 2 N–H and O–H groups in total. The predicted molar refractivity (Wildman–Crippen MR) is 105 cm³/mol. The van der Waals surface area contributed by atoms with E-state index in [0.29, 0.717) is 6.61 Å². The van der Waals surface area contributed by atoms with Crippen LogP contribution in [0.2, 0.25) is 0 Å². The number of likely N-dealkylation sites (tertiary alicyclic amines) is 1. The molecule has 132 valence electrons. The number of halogens is 1. The second-order valence-corrected chi connectivity index (χ2v) is 6.33. The zero-order valence-electron chi connectivity index (χ0n) is 14.7. The lowest BCUT2D eigenvalue weighted by Crippen LogP contribution is -2.40. The summed E-state index contributed by atoms with van der Waals surface area (Å²) in [6, 6.07) is 0. The first-order valence-electron chi connectivity index (χ1n) is 8.31. The van der Waals surface area contributed by atoms with Gasteiger partial charge in [-0.05, 0) is 37.6 Å². The third-order valence-electron chi connectivity index (χ3n) is 3.96. The van der Waals surface area contributed by atoms with Crippen LogP contribution in [0.15, 0.2) is 4.99 Å². The summed E-state index contributed by atoms with van der Waals surface area (Å²) < 4.78 is 5.01. The molecule has 0 radical (unpaired) electrons. The van der Waals surface area contributed by atoms with Crippen LogP contribution >= 0.6 is 24.0 Å². The lowest BCUT2D eigenvalue weighted by atomic mass is 9.92. The molecule has 1 fully saturated rings. The number of hydrogen-bond acceptors (Lipinski definition) is 3. The van der Waals surface area contributed by atoms with Crippen LogP contribution in [-0.2, 0) is 4.74 Å². The maximum absolute atomic E-state index is 5.01. The Labute approximate surface area is 153 Å². The average molecular weight is 426 g/mol. The molecule has 1 aliphatic rings. The molecule has 0 aliphatic carbocycles. The fourth-order valence-corrected chi connectivity index (χ4v) is 3.13. The molecule has 0 aromatic rings. The standard InChI is InChI=1S/C16H34N4O.HI/c1-14-11-15(2)13-20(12-14)9-6-5-7-18-16(17-3)19-8-10-21-4;/h14-15H,5-13H2,1-4H3,(H2,17,18,19);1H. The van der Waals surface area contributed by atoms with Crippen LogP contribution in [0.4, 0.5) is 0 Å². The molecule has 1 saturated heterocycles. The molecule has 2 unspecified atom stereocenters. The fraction of sp³-hybridized carbons (Fsp3) is 0.938. The largest absolute Gasteiger partial charge is 0.383 e. The van der Waals surface area contributed by atoms with Crippen molar-refractivity contribution in [3.63, 3.8) is 0 Å². The van der Waals surface area contributed by atoms with E-state index in [1.165, 1.54) is 38.9 Å². The number of rotatable bonds is 8. The highest BCUT2D eigenvalue weighted by atomic mass is 127. The molecule has 1 rings (SSSR count). The minimum absolute atomic E-state index is 0. The Morgan fingerprint density at radius 3 is 2.36 bits per heavy atom. The van der Waals surface area contributed by atoms with Crippen molar-refractivity contribution < 1.29 is 4.74 Å². The number of methoxy groups -OCH3 is 1. The highest BCUT2D eigenvalue weighted by Crippen LogP contribution is 2.20. The van der Waals surface area contributed by atoms with E-state index < -0.39 is 0 Å². The topological polar surface area (TPSA) is 48.9 Å². The minimum Gasteiger partial charge on any atom is -0.383 e. The quantitative estimate of drug-likeness (QED) is 0.270. The number of ether oxygens (including phenoxy) is 1. The third-order valence-corrected chi connectivity index (χ3v) is 3.96. The summed E-state index contributed by atoms with van der Waals surface area (Å²) in [6.07, 6.45) is 3.83. The van der Waals surface area contributed by atoms with Gasteiger partial charge in [-0.1, -0.05) is 13.8 Å². The summed E-state index contributed by atoms with van der Waals surface area (Å²) in [4.78, 5) is 6.83. The SMILES string of the molecule is CN=C(NCCCCN1CC(C)CC(C)C1)NCCOC.I. The van der Waals surface area contributed by atoms with E-state index >= 15 is 0 Å². The number of nitrogens with one attached hydrogen (secondary N) is 2. The van der Waals surface area contributed by atoms with Crippen LogP contribution in [0.1, 0.15) is 33.1 Å². The van der Waals surface area contributed by atoms with E-state index in [1.54, 1.807) is 14.2 Å². The summed E-state index contributed by atoms with van der Waals surface area (Å²) in [5.74, 6) is 2.58. The summed E-state index contributed by atoms with van der Waals surface area (Å²) in [6.45, 7) is 11.0. The van der Waals surface area contributed by atoms with E-state index in [2.05, 4.69) is 34.4 Å². The molecule has 0 aromatic heterocycles. The maximum atomic E-state index is 5.01. The van der Waals surface area contributed by atoms with Gasteiger partial charge in [-0.15, -0.1) is 24.0 Å². The van der Waals surface area contributed by atoms with E-state index in [1.807, 2.05) is 0 Å². The van der Waals surface area contributed by atoms with Gasteiger partial charge in [0.25, 0.3) is 0 Å². The second-order valence-electron chi connectivity index (χ2n) is 6.33. The molecule has 5 nitrogen and oxygen atoms in total. The van der Waals surface area contributed by atoms with Gasteiger partial charge in [0.2, 0.25) is 0 Å². The first-order valence-corrected chi connectivity index (χ1v) is 8.31. The maximum Gasteiger partial charge on any atom is 0.191 e. The minimum atomic E-state index is 0. The van der Waals surface area contributed by atoms with E-state index in [0.717, 1.165) is 30.9 Å². The summed E-state index contributed by atoms with van der Waals surface area (Å²) in [5.41, 5.74) is 0. The number of aliphatic imine (C=N–C) groups is 1. The molecule has 2 atom stereocenters. The van der Waals surface area contributed by atoms with Gasteiger partial charge in [-0.25, -0.2) is 0 Å². The number of unbranched alkanes of at least 4 members (excludes halogenated alkanes) is 1. The Morgan fingerprint density at radius 1 is 1.14 bits per heavy atom. The smallest absolute Gasteiger partial charge is 0.191 e. The molecule has 0 amide bonds. The van der Waals surface area contributed by atoms with E-state index in [-0.39, 0.29) is 24.0 Å². The van der Waals surface area contributed by atoms with Crippen molar-refractivity contribution in [2.24, 2.45) is 16.8 Å². The lowest BCUT2D eigenvalue weighted by Gasteiger charge is -2.34. The lowest BCUT2D eigenvalue weighted by molar-refractivity contribution is 0.139. The number of hydrogen-bond donors (Lipinski definition) is 2. The van der Waals surface area contributed by atoms with Gasteiger partial charge in [-0.3, -0.25) is 4.99 Å². The van der Waals surface area contributed by atoms with Crippen molar-refractivity contribution in [2.75, 3.05) is 53.5 Å². The van der Waals surface area contributed by atoms with Crippen molar-refractivity contribution >= 4 is 29.9 Å². The predicted octanol–water partition coefficient (Wildman–Crippen LogP) is 2.17. The molecule has 22 heavy (non-hydrogen) atoms. The summed E-state index contributed by atoms with van der Waals surface area (Å²) >= 11 is 0. The van der Waals surface area contributed by atoms with Gasteiger partial charge in [0, 0.05) is 40.3 Å². The van der Waals surface area contributed by atoms with E-state index in [9.17, 15) is 0 Å². The van der Waals surface area contributed by atoms with Gasteiger partial charge < -0.3 is 20.3 Å². The Bertz CT molecular complexity index is 292. The molecule has 0 spiro atoms. The van der Waals surface area contributed by atoms with Crippen LogP contribution < -0.4 is 10.6 Å². The average Bonchev–Trinajstić information content (AvgIpc) is 2.44. The van der Waals surface area contributed by atoms with Crippen molar-refractivity contribution in [1.82, 2.24) is 15.5 Å². The van der Waals surface area contributed by atoms with Gasteiger partial charge in [-0.2, -0.15) is 0 Å². The Kier molecular flexibility index (Phi) is 13.3. The highest BCUT2D eigenvalue weighted by molar-refractivity contribution is 14.0. The molecule has 6 heteroatoms. The molecule has 0 aromatic carbocycles. The van der Waals surface area contributed by atoms with Gasteiger partial charge in [0.1, 0.15) is 0 Å². The zero-order valence-corrected chi connectivity index (χ0v) is 17.1. The van der Waals surface area contributed by atoms with Crippen LogP contribution in [0.3, 0.4) is 0 Å². The first-order chi connectivity index (χ1) is 10.2. The number of piperidine rings is 1. The van der Waals surface area contributed by atoms with Gasteiger partial charge in [0.15, 0.2) is 5.96 Å². The fourth-order valence-electron chi connectivity index (χ4n) is 3.13. The summed E-state index contributed by atoms with van der Waals surface area (Å²) in [7, 11) is 3.51. The monoisotopic (exact) mass is 426 g/mol. The summed E-state index contributed by atoms with van der Waals surface area (Å²) in [5, 5.41) is 6.57. The van der Waals surface area contributed by atoms with Crippen LogP contribution in [0.5, 0.6) is 0 Å². The second kappa shape index (κ2) is 13.4. The zero-order chi connectivity index (χ0) is 15.5. The highest BCUT2D eigenvalue weighted by Gasteiger charge is 2.20.